The third-order valence-corrected chi connectivity index (χ3v) is 6.33. The molecule has 5 nitrogen and oxygen atoms in total. The third-order valence-electron chi connectivity index (χ3n) is 6.33. The molecule has 0 N–H and O–H groups in total. The van der Waals surface area contributed by atoms with Crippen LogP contribution in [0.1, 0.15) is 30.0 Å². The molecule has 5 rings (SSSR count). The Morgan fingerprint density at radius 3 is 2.62 bits per heavy atom. The van der Waals surface area contributed by atoms with Crippen LogP contribution >= 0.6 is 0 Å². The van der Waals surface area contributed by atoms with Gasteiger partial charge in [-0.05, 0) is 49.4 Å². The normalized spacial score (nSPS) is 21.0. The quantitative estimate of drug-likeness (QED) is 0.675. The molecule has 29 heavy (non-hydrogen) atoms. The van der Waals surface area contributed by atoms with Crippen molar-refractivity contribution in [3.05, 3.63) is 82.8 Å². The van der Waals surface area contributed by atoms with Crippen molar-refractivity contribution in [2.75, 3.05) is 19.6 Å². The van der Waals surface area contributed by atoms with Gasteiger partial charge in [-0.3, -0.25) is 4.79 Å². The number of fused-ring (bicyclic) bond motifs is 4. The number of nitrogens with zero attached hydrogens (tertiary/aromatic N) is 4. The fraction of sp³-hybridized carbons (Fsp3) is 0.375. The Balaban J connectivity index is 1.31. The smallest absolute Gasteiger partial charge is 0.258 e. The Hall–Kier alpha value is -2.79. The van der Waals surface area contributed by atoms with E-state index < -0.39 is 0 Å². The molecule has 2 bridgehead atoms. The summed E-state index contributed by atoms with van der Waals surface area (Å²) >= 11 is 0. The van der Waals surface area contributed by atoms with Crippen LogP contribution in [0.2, 0.25) is 0 Å². The second kappa shape index (κ2) is 7.91. The van der Waals surface area contributed by atoms with Gasteiger partial charge >= 0.3 is 0 Å². The monoisotopic (exact) mass is 386 g/mol. The predicted octanol–water partition coefficient (Wildman–Crippen LogP) is 3.36. The molecule has 3 aromatic rings. The van der Waals surface area contributed by atoms with Crippen molar-refractivity contribution in [3.8, 4) is 11.1 Å². The molecule has 0 aliphatic carbocycles. The number of piperidine rings is 1. The van der Waals surface area contributed by atoms with E-state index in [1.165, 1.54) is 30.4 Å². The number of likely N-dealkylation sites (tertiary alicyclic amines) is 1. The molecule has 1 fully saturated rings. The number of aryl methyl sites for hydroxylation is 1. The molecule has 2 aliphatic heterocycles. The minimum Gasteiger partial charge on any atom is -0.311 e. The van der Waals surface area contributed by atoms with Crippen molar-refractivity contribution in [1.82, 2.24) is 19.4 Å². The number of pyridine rings is 1. The maximum atomic E-state index is 13.1. The van der Waals surface area contributed by atoms with Gasteiger partial charge in [0.05, 0.1) is 5.56 Å². The Morgan fingerprint density at radius 1 is 0.966 bits per heavy atom. The summed E-state index contributed by atoms with van der Waals surface area (Å²) in [5.41, 5.74) is 4.21. The number of benzene rings is 1. The highest BCUT2D eigenvalue weighted by atomic mass is 16.1. The fourth-order valence-electron chi connectivity index (χ4n) is 5.04. The van der Waals surface area contributed by atoms with Gasteiger partial charge in [-0.15, -0.1) is 0 Å². The Labute approximate surface area is 171 Å². The van der Waals surface area contributed by atoms with Crippen molar-refractivity contribution in [1.29, 1.82) is 0 Å². The molecule has 0 amide bonds. The molecule has 0 saturated carbocycles. The maximum absolute atomic E-state index is 13.1. The van der Waals surface area contributed by atoms with Crippen LogP contribution in [0.3, 0.4) is 0 Å². The summed E-state index contributed by atoms with van der Waals surface area (Å²) in [6.45, 7) is 4.10. The van der Waals surface area contributed by atoms with E-state index in [1.807, 2.05) is 10.6 Å². The van der Waals surface area contributed by atoms with Crippen LogP contribution < -0.4 is 5.56 Å². The van der Waals surface area contributed by atoms with E-state index >= 15 is 0 Å². The van der Waals surface area contributed by atoms with Crippen LogP contribution in [0.5, 0.6) is 0 Å². The highest BCUT2D eigenvalue weighted by Crippen LogP contribution is 2.35. The highest BCUT2D eigenvalue weighted by molar-refractivity contribution is 5.60. The summed E-state index contributed by atoms with van der Waals surface area (Å²) in [4.78, 5) is 23.9. The molecule has 0 radical (unpaired) electrons. The number of rotatable bonds is 5. The molecule has 2 atom stereocenters. The zero-order valence-electron chi connectivity index (χ0n) is 16.6. The standard InChI is InChI=1S/C24H26N4O/c29-24-22(21-12-25-17-26-13-21)8-9-23-20-11-19(15-28(23)24)14-27(16-20)10-4-7-18-5-2-1-3-6-18/h1-3,5-6,8-9,12-13,17,19-20H,4,7,10-11,14-16H2/t19-,20-/m1/s1. The lowest BCUT2D eigenvalue weighted by atomic mass is 9.82. The number of aromatic nitrogens is 3. The van der Waals surface area contributed by atoms with E-state index in [0.717, 1.165) is 38.2 Å². The first-order valence-corrected chi connectivity index (χ1v) is 10.5. The van der Waals surface area contributed by atoms with Crippen LogP contribution in [0.25, 0.3) is 11.1 Å². The number of hydrogen-bond acceptors (Lipinski definition) is 4. The molecule has 2 aliphatic rings. The van der Waals surface area contributed by atoms with Crippen molar-refractivity contribution < 1.29 is 0 Å². The summed E-state index contributed by atoms with van der Waals surface area (Å²) < 4.78 is 2.02. The zero-order chi connectivity index (χ0) is 19.6. The van der Waals surface area contributed by atoms with Crippen LogP contribution in [0.15, 0.2) is 66.0 Å². The fourth-order valence-corrected chi connectivity index (χ4v) is 5.04. The first kappa shape index (κ1) is 18.3. The van der Waals surface area contributed by atoms with Crippen LogP contribution in [-0.4, -0.2) is 39.1 Å². The topological polar surface area (TPSA) is 51.0 Å². The van der Waals surface area contributed by atoms with Crippen LogP contribution in [0, 0.1) is 5.92 Å². The maximum Gasteiger partial charge on any atom is 0.258 e. The van der Waals surface area contributed by atoms with Crippen LogP contribution in [0.4, 0.5) is 0 Å². The average Bonchev–Trinajstić information content (AvgIpc) is 2.76. The first-order chi connectivity index (χ1) is 14.3. The van der Waals surface area contributed by atoms with Gasteiger partial charge in [0.2, 0.25) is 0 Å². The minimum atomic E-state index is 0.101. The SMILES string of the molecule is O=c1c(-c2cncnc2)ccc2n1C[C@@H]1C[C@@H]2CN(CCCc2ccccc2)C1. The largest absolute Gasteiger partial charge is 0.311 e. The summed E-state index contributed by atoms with van der Waals surface area (Å²) in [7, 11) is 0. The van der Waals surface area contributed by atoms with Crippen molar-refractivity contribution >= 4 is 0 Å². The molecule has 148 valence electrons. The molecule has 4 heterocycles. The molecule has 1 aromatic carbocycles. The van der Waals surface area contributed by atoms with Gasteiger partial charge in [0.1, 0.15) is 6.33 Å². The van der Waals surface area contributed by atoms with Gasteiger partial charge in [0, 0.05) is 49.2 Å². The second-order valence-corrected chi connectivity index (χ2v) is 8.36. The molecular formula is C24H26N4O. The minimum absolute atomic E-state index is 0.101. The van der Waals surface area contributed by atoms with Crippen molar-refractivity contribution in [2.45, 2.75) is 31.7 Å². The van der Waals surface area contributed by atoms with Gasteiger partial charge < -0.3 is 9.47 Å². The number of hydrogen-bond donors (Lipinski definition) is 0. The van der Waals surface area contributed by atoms with Gasteiger partial charge in [-0.2, -0.15) is 0 Å². The lowest BCUT2D eigenvalue weighted by Crippen LogP contribution is -2.47. The average molecular weight is 386 g/mol. The summed E-state index contributed by atoms with van der Waals surface area (Å²) in [5, 5.41) is 0. The van der Waals surface area contributed by atoms with Gasteiger partial charge in [-0.25, -0.2) is 9.97 Å². The summed E-state index contributed by atoms with van der Waals surface area (Å²) in [5.74, 6) is 1.01. The Kier molecular flexibility index (Phi) is 4.98. The second-order valence-electron chi connectivity index (χ2n) is 8.36. The zero-order valence-corrected chi connectivity index (χ0v) is 16.6. The first-order valence-electron chi connectivity index (χ1n) is 10.5. The lowest BCUT2D eigenvalue weighted by Gasteiger charge is -2.43. The Bertz CT molecular complexity index is 1030. The van der Waals surface area contributed by atoms with Gasteiger partial charge in [0.25, 0.3) is 5.56 Å². The molecule has 0 spiro atoms. The molecule has 0 unspecified atom stereocenters. The molecule has 2 aromatic heterocycles. The Morgan fingerprint density at radius 2 is 1.79 bits per heavy atom. The highest BCUT2D eigenvalue weighted by Gasteiger charge is 2.34. The van der Waals surface area contributed by atoms with E-state index in [9.17, 15) is 4.79 Å². The third kappa shape index (κ3) is 3.75. The van der Waals surface area contributed by atoms with Crippen molar-refractivity contribution in [3.63, 3.8) is 0 Å². The van der Waals surface area contributed by atoms with E-state index in [0.29, 0.717) is 17.4 Å². The van der Waals surface area contributed by atoms with E-state index in [-0.39, 0.29) is 5.56 Å². The predicted molar refractivity (Wildman–Crippen MR) is 114 cm³/mol. The van der Waals surface area contributed by atoms with E-state index in [1.54, 1.807) is 12.4 Å². The van der Waals surface area contributed by atoms with E-state index in [2.05, 4.69) is 51.3 Å². The summed E-state index contributed by atoms with van der Waals surface area (Å²) in [6.07, 6.45) is 8.44. The molecular weight excluding hydrogens is 360 g/mol. The molecule has 1 saturated heterocycles. The van der Waals surface area contributed by atoms with Gasteiger partial charge in [-0.1, -0.05) is 30.3 Å². The van der Waals surface area contributed by atoms with Gasteiger partial charge in [0.15, 0.2) is 0 Å². The summed E-state index contributed by atoms with van der Waals surface area (Å²) in [6, 6.07) is 14.8. The molecule has 5 heteroatoms. The lowest BCUT2D eigenvalue weighted by molar-refractivity contribution is 0.119. The van der Waals surface area contributed by atoms with E-state index in [4.69, 9.17) is 0 Å². The van der Waals surface area contributed by atoms with Crippen molar-refractivity contribution in [2.24, 2.45) is 5.92 Å². The van der Waals surface area contributed by atoms with Crippen LogP contribution in [-0.2, 0) is 13.0 Å².